The first-order valence-corrected chi connectivity index (χ1v) is 9.08. The van der Waals surface area contributed by atoms with Gasteiger partial charge in [0.25, 0.3) is 5.91 Å². The highest BCUT2D eigenvalue weighted by atomic mass is 32.1. The largest absolute Gasteiger partial charge is 0.450 e. The maximum absolute atomic E-state index is 12.4. The molecule has 0 spiro atoms. The number of rotatable bonds is 3. The van der Waals surface area contributed by atoms with Crippen LogP contribution in [0.4, 0.5) is 9.93 Å². The highest BCUT2D eigenvalue weighted by Crippen LogP contribution is 2.29. The molecule has 1 N–H and O–H groups in total. The molecule has 0 aliphatic carbocycles. The molecule has 0 saturated carbocycles. The van der Waals surface area contributed by atoms with E-state index in [2.05, 4.69) is 10.3 Å². The first-order chi connectivity index (χ1) is 12.0. The van der Waals surface area contributed by atoms with Crippen molar-refractivity contribution in [3.05, 3.63) is 45.5 Å². The quantitative estimate of drug-likeness (QED) is 0.910. The lowest BCUT2D eigenvalue weighted by Gasteiger charge is -2.24. The molecule has 0 bridgehead atoms. The molecule has 2 amide bonds. The molecule has 1 aliphatic heterocycles. The monoisotopic (exact) mass is 359 g/mol. The lowest BCUT2D eigenvalue weighted by molar-refractivity contribution is 0.102. The van der Waals surface area contributed by atoms with Crippen molar-refractivity contribution in [2.24, 2.45) is 0 Å². The molecule has 6 nitrogen and oxygen atoms in total. The topological polar surface area (TPSA) is 71.5 Å². The summed E-state index contributed by atoms with van der Waals surface area (Å²) in [7, 11) is 0. The standard InChI is InChI=1S/C18H21N3O3S/c1-4-24-18(23)21-8-7-14-15(10-21)25-17(19-14)20-16(22)13-6-5-11(2)12(3)9-13/h5-6,9H,4,7-8,10H2,1-3H3,(H,19,20,22). The van der Waals surface area contributed by atoms with Gasteiger partial charge in [-0.25, -0.2) is 9.78 Å². The van der Waals surface area contributed by atoms with E-state index < -0.39 is 0 Å². The number of carbonyl (C=O) groups is 2. The lowest BCUT2D eigenvalue weighted by Crippen LogP contribution is -2.35. The van der Waals surface area contributed by atoms with Crippen LogP contribution in [0, 0.1) is 13.8 Å². The van der Waals surface area contributed by atoms with Crippen LogP contribution in [0.25, 0.3) is 0 Å². The van der Waals surface area contributed by atoms with Crippen molar-refractivity contribution in [3.63, 3.8) is 0 Å². The van der Waals surface area contributed by atoms with Crippen LogP contribution in [0.2, 0.25) is 0 Å². The number of anilines is 1. The summed E-state index contributed by atoms with van der Waals surface area (Å²) < 4.78 is 5.05. The van der Waals surface area contributed by atoms with E-state index in [-0.39, 0.29) is 12.0 Å². The normalized spacial score (nSPS) is 13.3. The van der Waals surface area contributed by atoms with Gasteiger partial charge in [-0.3, -0.25) is 10.1 Å². The third kappa shape index (κ3) is 3.82. The van der Waals surface area contributed by atoms with Gasteiger partial charge < -0.3 is 9.64 Å². The molecular formula is C18H21N3O3S. The number of nitrogens with zero attached hydrogens (tertiary/aromatic N) is 2. The number of hydrogen-bond acceptors (Lipinski definition) is 5. The number of aromatic nitrogens is 1. The van der Waals surface area contributed by atoms with Gasteiger partial charge in [0, 0.05) is 23.4 Å². The molecule has 0 radical (unpaired) electrons. The third-order valence-electron chi connectivity index (χ3n) is 4.25. The molecule has 0 saturated heterocycles. The summed E-state index contributed by atoms with van der Waals surface area (Å²) in [5, 5.41) is 3.43. The van der Waals surface area contributed by atoms with Gasteiger partial charge in [0.15, 0.2) is 5.13 Å². The predicted octanol–water partition coefficient (Wildman–Crippen LogP) is 3.53. The molecule has 7 heteroatoms. The number of hydrogen-bond donors (Lipinski definition) is 1. The minimum atomic E-state index is -0.303. The zero-order chi connectivity index (χ0) is 18.0. The fourth-order valence-electron chi connectivity index (χ4n) is 2.67. The molecule has 0 unspecified atom stereocenters. The Hall–Kier alpha value is -2.41. The minimum absolute atomic E-state index is 0.170. The molecule has 2 aromatic rings. The van der Waals surface area contributed by atoms with Crippen LogP contribution in [-0.4, -0.2) is 35.0 Å². The number of ether oxygens (including phenoxy) is 1. The fraction of sp³-hybridized carbons (Fsp3) is 0.389. The maximum atomic E-state index is 12.4. The zero-order valence-electron chi connectivity index (χ0n) is 14.6. The van der Waals surface area contributed by atoms with Gasteiger partial charge in [0.2, 0.25) is 0 Å². The van der Waals surface area contributed by atoms with Gasteiger partial charge >= 0.3 is 6.09 Å². The van der Waals surface area contributed by atoms with Crippen molar-refractivity contribution in [2.45, 2.75) is 33.7 Å². The van der Waals surface area contributed by atoms with Gasteiger partial charge in [-0.2, -0.15) is 0 Å². The Kier molecular flexibility index (Phi) is 5.03. The number of carbonyl (C=O) groups excluding carboxylic acids is 2. The summed E-state index contributed by atoms with van der Waals surface area (Å²) in [4.78, 5) is 31.4. The second kappa shape index (κ2) is 7.23. The summed E-state index contributed by atoms with van der Waals surface area (Å²) in [6.07, 6.45) is 0.367. The molecule has 1 aromatic heterocycles. The summed E-state index contributed by atoms with van der Waals surface area (Å²) in [6.45, 7) is 7.22. The van der Waals surface area contributed by atoms with E-state index >= 15 is 0 Å². The van der Waals surface area contributed by atoms with E-state index in [4.69, 9.17) is 4.74 Å². The van der Waals surface area contributed by atoms with Crippen LogP contribution >= 0.6 is 11.3 Å². The van der Waals surface area contributed by atoms with Crippen LogP contribution in [-0.2, 0) is 17.7 Å². The number of aryl methyl sites for hydroxylation is 2. The van der Waals surface area contributed by atoms with Crippen LogP contribution in [0.1, 0.15) is 39.0 Å². The molecule has 2 heterocycles. The van der Waals surface area contributed by atoms with Crippen LogP contribution < -0.4 is 5.32 Å². The van der Waals surface area contributed by atoms with Crippen molar-refractivity contribution in [1.82, 2.24) is 9.88 Å². The number of benzene rings is 1. The predicted molar refractivity (Wildman–Crippen MR) is 97.1 cm³/mol. The van der Waals surface area contributed by atoms with E-state index in [9.17, 15) is 9.59 Å². The Morgan fingerprint density at radius 2 is 2.12 bits per heavy atom. The maximum Gasteiger partial charge on any atom is 0.410 e. The highest BCUT2D eigenvalue weighted by Gasteiger charge is 2.25. The lowest BCUT2D eigenvalue weighted by atomic mass is 10.1. The summed E-state index contributed by atoms with van der Waals surface area (Å²) >= 11 is 1.41. The van der Waals surface area contributed by atoms with Gasteiger partial charge in [-0.15, -0.1) is 0 Å². The molecule has 1 aliphatic rings. The van der Waals surface area contributed by atoms with Crippen LogP contribution in [0.5, 0.6) is 0 Å². The van der Waals surface area contributed by atoms with Crippen molar-refractivity contribution in [1.29, 1.82) is 0 Å². The molecular weight excluding hydrogens is 338 g/mol. The van der Waals surface area contributed by atoms with Crippen LogP contribution in [0.15, 0.2) is 18.2 Å². The average molecular weight is 359 g/mol. The Bertz CT molecular complexity index is 816. The Morgan fingerprint density at radius 1 is 1.32 bits per heavy atom. The third-order valence-corrected chi connectivity index (χ3v) is 5.24. The van der Waals surface area contributed by atoms with E-state index in [0.717, 1.165) is 21.7 Å². The smallest absolute Gasteiger partial charge is 0.410 e. The van der Waals surface area contributed by atoms with Crippen molar-refractivity contribution in [2.75, 3.05) is 18.5 Å². The van der Waals surface area contributed by atoms with Crippen molar-refractivity contribution in [3.8, 4) is 0 Å². The summed E-state index contributed by atoms with van der Waals surface area (Å²) in [5.41, 5.74) is 3.79. The second-order valence-electron chi connectivity index (χ2n) is 6.01. The molecule has 132 valence electrons. The first kappa shape index (κ1) is 17.4. The van der Waals surface area contributed by atoms with Crippen LogP contribution in [0.3, 0.4) is 0 Å². The summed E-state index contributed by atoms with van der Waals surface area (Å²) in [6, 6.07) is 5.63. The van der Waals surface area contributed by atoms with Gasteiger partial charge in [-0.1, -0.05) is 17.4 Å². The molecule has 0 fully saturated rings. The molecule has 3 rings (SSSR count). The number of nitrogens with one attached hydrogen (secondary N) is 1. The number of thiazole rings is 1. The van der Waals surface area contributed by atoms with E-state index in [1.165, 1.54) is 11.3 Å². The fourth-order valence-corrected chi connectivity index (χ4v) is 3.69. The molecule has 25 heavy (non-hydrogen) atoms. The minimum Gasteiger partial charge on any atom is -0.450 e. The number of amides is 2. The average Bonchev–Trinajstić information content (AvgIpc) is 2.98. The Balaban J connectivity index is 1.70. The van der Waals surface area contributed by atoms with E-state index in [1.54, 1.807) is 11.8 Å². The Morgan fingerprint density at radius 3 is 2.84 bits per heavy atom. The van der Waals surface area contributed by atoms with E-state index in [1.807, 2.05) is 32.0 Å². The zero-order valence-corrected chi connectivity index (χ0v) is 15.4. The molecule has 0 atom stereocenters. The first-order valence-electron chi connectivity index (χ1n) is 8.26. The highest BCUT2D eigenvalue weighted by molar-refractivity contribution is 7.15. The van der Waals surface area contributed by atoms with Gasteiger partial charge in [-0.05, 0) is 44.0 Å². The second-order valence-corrected chi connectivity index (χ2v) is 7.10. The van der Waals surface area contributed by atoms with Crippen molar-refractivity contribution < 1.29 is 14.3 Å². The Labute approximate surface area is 150 Å². The summed E-state index contributed by atoms with van der Waals surface area (Å²) in [5.74, 6) is -0.170. The number of fused-ring (bicyclic) bond motifs is 1. The van der Waals surface area contributed by atoms with Gasteiger partial charge in [0.05, 0.1) is 18.8 Å². The molecule has 1 aromatic carbocycles. The van der Waals surface area contributed by atoms with Gasteiger partial charge in [0.1, 0.15) is 0 Å². The SMILES string of the molecule is CCOC(=O)N1CCc2nc(NC(=O)c3ccc(C)c(C)c3)sc2C1. The van der Waals surface area contributed by atoms with E-state index in [0.29, 0.717) is 36.8 Å². The van der Waals surface area contributed by atoms with Crippen molar-refractivity contribution >= 4 is 28.5 Å².